The molecule has 152 valence electrons. The second-order valence-electron chi connectivity index (χ2n) is 8.32. The first-order chi connectivity index (χ1) is 13.8. The lowest BCUT2D eigenvalue weighted by Gasteiger charge is -2.35. The molecular weight excluding hydrogens is 372 g/mol. The first kappa shape index (κ1) is 19.5. The van der Waals surface area contributed by atoms with Gasteiger partial charge in [-0.3, -0.25) is 4.99 Å². The summed E-state index contributed by atoms with van der Waals surface area (Å²) in [5.41, 5.74) is 8.56. The molecule has 0 spiro atoms. The molecule has 3 N–H and O–H groups in total. The number of benzene rings is 1. The molecule has 1 aromatic carbocycles. The fraction of sp³-hybridized carbons (Fsp3) is 0.364. The standard InChI is InChI=1S/C22H25F2N5/c1-22(2)9-13(4-5-27-22)19-12-29-11-16(8-18(24)21(29)28-19)14-6-15(10-26-3)20(25)17(23)7-14/h6-8,10-13,27H,4-5,9,25H2,1-3H3. The molecule has 3 heterocycles. The summed E-state index contributed by atoms with van der Waals surface area (Å²) in [5.74, 6) is -0.721. The van der Waals surface area contributed by atoms with Crippen LogP contribution in [-0.4, -0.2) is 34.7 Å². The van der Waals surface area contributed by atoms with Crippen LogP contribution in [0.15, 0.2) is 35.6 Å². The Morgan fingerprint density at radius 3 is 2.69 bits per heavy atom. The maximum Gasteiger partial charge on any atom is 0.173 e. The number of imidazole rings is 1. The van der Waals surface area contributed by atoms with Gasteiger partial charge in [0.15, 0.2) is 11.5 Å². The van der Waals surface area contributed by atoms with E-state index in [9.17, 15) is 8.78 Å². The van der Waals surface area contributed by atoms with Crippen LogP contribution >= 0.6 is 0 Å². The number of nitrogens with two attached hydrogens (primary N) is 1. The predicted molar refractivity (Wildman–Crippen MR) is 113 cm³/mol. The van der Waals surface area contributed by atoms with Crippen molar-refractivity contribution in [2.75, 3.05) is 19.3 Å². The monoisotopic (exact) mass is 397 g/mol. The zero-order chi connectivity index (χ0) is 20.8. The summed E-state index contributed by atoms with van der Waals surface area (Å²) in [6.07, 6.45) is 7.05. The van der Waals surface area contributed by atoms with Crippen LogP contribution in [0.5, 0.6) is 0 Å². The summed E-state index contributed by atoms with van der Waals surface area (Å²) < 4.78 is 30.8. The van der Waals surface area contributed by atoms with E-state index in [-0.39, 0.29) is 22.8 Å². The highest BCUT2D eigenvalue weighted by molar-refractivity contribution is 5.89. The third-order valence-electron chi connectivity index (χ3n) is 5.56. The Morgan fingerprint density at radius 1 is 1.21 bits per heavy atom. The number of hydrogen-bond donors (Lipinski definition) is 2. The van der Waals surface area contributed by atoms with Crippen molar-refractivity contribution in [2.24, 2.45) is 4.99 Å². The Morgan fingerprint density at radius 2 is 1.97 bits per heavy atom. The number of pyridine rings is 1. The first-order valence-electron chi connectivity index (χ1n) is 9.72. The zero-order valence-electron chi connectivity index (χ0n) is 16.8. The number of anilines is 1. The quantitative estimate of drug-likeness (QED) is 0.515. The van der Waals surface area contributed by atoms with Crippen molar-refractivity contribution in [2.45, 2.75) is 38.1 Å². The molecule has 0 bridgehead atoms. The highest BCUT2D eigenvalue weighted by Gasteiger charge is 2.30. The molecule has 1 unspecified atom stereocenters. The van der Waals surface area contributed by atoms with Crippen molar-refractivity contribution < 1.29 is 8.78 Å². The van der Waals surface area contributed by atoms with Gasteiger partial charge in [0.05, 0.1) is 11.4 Å². The molecule has 1 atom stereocenters. The lowest BCUT2D eigenvalue weighted by Crippen LogP contribution is -2.45. The maximum atomic E-state index is 14.9. The molecule has 2 aromatic heterocycles. The van der Waals surface area contributed by atoms with Crippen LogP contribution in [0.2, 0.25) is 0 Å². The number of halogens is 2. The van der Waals surface area contributed by atoms with E-state index in [2.05, 4.69) is 29.1 Å². The van der Waals surface area contributed by atoms with Crippen LogP contribution in [-0.2, 0) is 0 Å². The fourth-order valence-corrected chi connectivity index (χ4v) is 4.11. The van der Waals surface area contributed by atoms with E-state index in [4.69, 9.17) is 5.73 Å². The van der Waals surface area contributed by atoms with Crippen LogP contribution in [0.1, 0.15) is 43.9 Å². The third-order valence-corrected chi connectivity index (χ3v) is 5.56. The van der Waals surface area contributed by atoms with E-state index >= 15 is 0 Å². The van der Waals surface area contributed by atoms with Crippen LogP contribution in [0.25, 0.3) is 16.8 Å². The molecule has 0 saturated carbocycles. The van der Waals surface area contributed by atoms with Gasteiger partial charge in [0.25, 0.3) is 0 Å². The topological polar surface area (TPSA) is 67.7 Å². The first-order valence-corrected chi connectivity index (χ1v) is 9.72. The van der Waals surface area contributed by atoms with Crippen LogP contribution in [0.4, 0.5) is 14.5 Å². The fourth-order valence-electron chi connectivity index (χ4n) is 4.11. The van der Waals surface area contributed by atoms with Crippen molar-refractivity contribution in [3.05, 3.63) is 53.5 Å². The minimum absolute atomic E-state index is 0.0272. The predicted octanol–water partition coefficient (Wildman–Crippen LogP) is 4.16. The summed E-state index contributed by atoms with van der Waals surface area (Å²) in [7, 11) is 1.59. The maximum absolute atomic E-state index is 14.9. The van der Waals surface area contributed by atoms with Crippen LogP contribution < -0.4 is 11.1 Å². The molecule has 1 aliphatic rings. The lowest BCUT2D eigenvalue weighted by atomic mass is 9.83. The van der Waals surface area contributed by atoms with E-state index in [1.54, 1.807) is 23.7 Å². The number of fused-ring (bicyclic) bond motifs is 1. The number of rotatable bonds is 3. The van der Waals surface area contributed by atoms with Crippen molar-refractivity contribution in [1.82, 2.24) is 14.7 Å². The summed E-state index contributed by atoms with van der Waals surface area (Å²) in [5, 5.41) is 3.49. The molecule has 0 amide bonds. The number of aliphatic imine (C=N–C) groups is 1. The van der Waals surface area contributed by atoms with E-state index in [0.29, 0.717) is 16.7 Å². The normalized spacial score (nSPS) is 19.3. The smallest absolute Gasteiger partial charge is 0.173 e. The Kier molecular flexibility index (Phi) is 4.86. The largest absolute Gasteiger partial charge is 0.396 e. The summed E-state index contributed by atoms with van der Waals surface area (Å²) >= 11 is 0. The third kappa shape index (κ3) is 3.74. The van der Waals surface area contributed by atoms with E-state index < -0.39 is 11.6 Å². The molecule has 1 aliphatic heterocycles. The number of nitrogens with one attached hydrogen (secondary N) is 1. The minimum Gasteiger partial charge on any atom is -0.396 e. The highest BCUT2D eigenvalue weighted by atomic mass is 19.1. The number of aromatic nitrogens is 2. The second kappa shape index (κ2) is 7.22. The molecule has 0 aliphatic carbocycles. The zero-order valence-corrected chi connectivity index (χ0v) is 16.8. The van der Waals surface area contributed by atoms with Crippen LogP contribution in [0.3, 0.4) is 0 Å². The molecule has 7 heteroatoms. The SMILES string of the molecule is CN=Cc1cc(-c2cc(F)c3nc(C4CCNC(C)(C)C4)cn3c2)cc(F)c1N. The minimum atomic E-state index is -0.554. The molecule has 3 aromatic rings. The van der Waals surface area contributed by atoms with E-state index in [0.717, 1.165) is 25.1 Å². The summed E-state index contributed by atoms with van der Waals surface area (Å²) in [6.45, 7) is 5.24. The molecule has 1 fully saturated rings. The van der Waals surface area contributed by atoms with Gasteiger partial charge in [0.1, 0.15) is 5.82 Å². The Balaban J connectivity index is 1.77. The van der Waals surface area contributed by atoms with Crippen molar-refractivity contribution >= 4 is 17.5 Å². The van der Waals surface area contributed by atoms with Crippen molar-refractivity contribution in [3.8, 4) is 11.1 Å². The van der Waals surface area contributed by atoms with Gasteiger partial charge in [0, 0.05) is 48.2 Å². The number of nitrogen functional groups attached to an aromatic ring is 1. The van der Waals surface area contributed by atoms with Gasteiger partial charge in [0.2, 0.25) is 0 Å². The highest BCUT2D eigenvalue weighted by Crippen LogP contribution is 2.33. The van der Waals surface area contributed by atoms with Gasteiger partial charge in [-0.25, -0.2) is 13.8 Å². The molecule has 5 nitrogen and oxygen atoms in total. The van der Waals surface area contributed by atoms with Crippen molar-refractivity contribution in [1.29, 1.82) is 0 Å². The molecule has 4 rings (SSSR count). The number of nitrogens with zero attached hydrogens (tertiary/aromatic N) is 3. The lowest BCUT2D eigenvalue weighted by molar-refractivity contribution is 0.273. The number of hydrogen-bond acceptors (Lipinski definition) is 4. The Bertz CT molecular complexity index is 1100. The molecular formula is C22H25F2N5. The second-order valence-corrected chi connectivity index (χ2v) is 8.32. The molecule has 0 radical (unpaired) electrons. The van der Waals surface area contributed by atoms with Gasteiger partial charge in [-0.2, -0.15) is 0 Å². The Labute approximate surface area is 168 Å². The van der Waals surface area contributed by atoms with Gasteiger partial charge in [-0.1, -0.05) is 0 Å². The molecule has 1 saturated heterocycles. The Hall–Kier alpha value is -2.80. The average molecular weight is 397 g/mol. The van der Waals surface area contributed by atoms with Crippen molar-refractivity contribution in [3.63, 3.8) is 0 Å². The van der Waals surface area contributed by atoms with E-state index in [1.807, 2.05) is 6.20 Å². The van der Waals surface area contributed by atoms with Gasteiger partial charge < -0.3 is 15.5 Å². The van der Waals surface area contributed by atoms with Gasteiger partial charge >= 0.3 is 0 Å². The van der Waals surface area contributed by atoms with Gasteiger partial charge in [-0.05, 0) is 57.0 Å². The average Bonchev–Trinajstić information content (AvgIpc) is 3.09. The molecule has 29 heavy (non-hydrogen) atoms. The van der Waals surface area contributed by atoms with E-state index in [1.165, 1.54) is 18.3 Å². The van der Waals surface area contributed by atoms with Crippen LogP contribution in [0, 0.1) is 11.6 Å². The summed E-state index contributed by atoms with van der Waals surface area (Å²) in [4.78, 5) is 8.47. The summed E-state index contributed by atoms with van der Waals surface area (Å²) in [6, 6.07) is 4.41. The number of piperidine rings is 1. The van der Waals surface area contributed by atoms with Gasteiger partial charge in [-0.15, -0.1) is 0 Å².